The van der Waals surface area contributed by atoms with Crippen LogP contribution in [0.5, 0.6) is 0 Å². The number of aryl methyl sites for hydroxylation is 2. The van der Waals surface area contributed by atoms with Crippen LogP contribution in [0.3, 0.4) is 0 Å². The van der Waals surface area contributed by atoms with Gasteiger partial charge in [-0.15, -0.1) is 0 Å². The van der Waals surface area contributed by atoms with E-state index >= 15 is 0 Å². The van der Waals surface area contributed by atoms with Gasteiger partial charge in [0.2, 0.25) is 0 Å². The highest BCUT2D eigenvalue weighted by Crippen LogP contribution is 2.47. The molecule has 1 fully saturated rings. The van der Waals surface area contributed by atoms with E-state index in [1.54, 1.807) is 0 Å². The molecule has 2 heterocycles. The molecule has 0 atom stereocenters. The zero-order valence-electron chi connectivity index (χ0n) is 13.2. The normalized spacial score (nSPS) is 20.4. The molecule has 1 saturated heterocycles. The molecule has 0 unspecified atom stereocenters. The molecule has 1 aromatic rings. The van der Waals surface area contributed by atoms with Gasteiger partial charge in [0, 0.05) is 12.1 Å². The number of ether oxygens (including phenoxy) is 2. The molecule has 1 amide bonds. The predicted molar refractivity (Wildman–Crippen MR) is 81.3 cm³/mol. The van der Waals surface area contributed by atoms with Crippen LogP contribution in [0.25, 0.3) is 0 Å². The minimum Gasteiger partial charge on any atom is -0.338 e. The second kappa shape index (κ2) is 5.11. The summed E-state index contributed by atoms with van der Waals surface area (Å²) in [4.78, 5) is 14.9. The summed E-state index contributed by atoms with van der Waals surface area (Å²) >= 11 is 0. The van der Waals surface area contributed by atoms with Crippen molar-refractivity contribution in [2.75, 3.05) is 24.7 Å². The van der Waals surface area contributed by atoms with Crippen molar-refractivity contribution in [2.45, 2.75) is 39.9 Å². The van der Waals surface area contributed by atoms with Crippen molar-refractivity contribution >= 4 is 11.6 Å². The van der Waals surface area contributed by atoms with Crippen LogP contribution in [0.15, 0.2) is 12.1 Å². The lowest BCUT2D eigenvalue weighted by atomic mass is 10.00. The molecule has 0 saturated carbocycles. The van der Waals surface area contributed by atoms with Gasteiger partial charge < -0.3 is 14.4 Å². The number of hydrogen-bond donors (Lipinski definition) is 0. The van der Waals surface area contributed by atoms with Gasteiger partial charge in [-0.1, -0.05) is 25.5 Å². The van der Waals surface area contributed by atoms with Gasteiger partial charge in [-0.25, -0.2) is 0 Å². The molecule has 0 aromatic heterocycles. The van der Waals surface area contributed by atoms with E-state index in [9.17, 15) is 4.79 Å². The molecular formula is C17H23NO3. The molecule has 1 aromatic carbocycles. The Morgan fingerprint density at radius 2 is 1.90 bits per heavy atom. The maximum atomic E-state index is 13.0. The number of benzene rings is 1. The minimum absolute atomic E-state index is 0.0698. The van der Waals surface area contributed by atoms with Crippen molar-refractivity contribution in [2.24, 2.45) is 5.92 Å². The van der Waals surface area contributed by atoms with E-state index in [0.29, 0.717) is 25.7 Å². The first-order chi connectivity index (χ1) is 9.95. The molecule has 21 heavy (non-hydrogen) atoms. The van der Waals surface area contributed by atoms with Crippen LogP contribution < -0.4 is 4.90 Å². The lowest BCUT2D eigenvalue weighted by Crippen LogP contribution is -2.48. The molecule has 0 bridgehead atoms. The summed E-state index contributed by atoms with van der Waals surface area (Å²) in [6.45, 7) is 10.1. The Morgan fingerprint density at radius 1 is 1.24 bits per heavy atom. The molecule has 2 aliphatic rings. The van der Waals surface area contributed by atoms with Gasteiger partial charge in [-0.3, -0.25) is 4.79 Å². The average Bonchev–Trinajstić information content (AvgIpc) is 2.63. The largest absolute Gasteiger partial charge is 0.338 e. The molecule has 4 heteroatoms. The van der Waals surface area contributed by atoms with Gasteiger partial charge in [0.25, 0.3) is 11.7 Å². The summed E-state index contributed by atoms with van der Waals surface area (Å²) in [5.41, 5.74) is 4.09. The molecule has 0 N–H and O–H groups in total. The highest BCUT2D eigenvalue weighted by molar-refractivity contribution is 6.07. The Kier molecular flexibility index (Phi) is 3.54. The number of rotatable bonds is 2. The van der Waals surface area contributed by atoms with Gasteiger partial charge in [-0.2, -0.15) is 0 Å². The Labute approximate surface area is 126 Å². The summed E-state index contributed by atoms with van der Waals surface area (Å²) in [6, 6.07) is 4.15. The Balaban J connectivity index is 2.16. The van der Waals surface area contributed by atoms with E-state index in [1.807, 2.05) is 24.8 Å². The van der Waals surface area contributed by atoms with Crippen LogP contribution in [-0.4, -0.2) is 25.7 Å². The molecule has 0 aliphatic carbocycles. The van der Waals surface area contributed by atoms with Crippen molar-refractivity contribution in [3.05, 3.63) is 28.8 Å². The monoisotopic (exact) mass is 289 g/mol. The Bertz CT molecular complexity index is 574. The molecule has 114 valence electrons. The summed E-state index contributed by atoms with van der Waals surface area (Å²) in [5.74, 6) is -0.889. The van der Waals surface area contributed by atoms with Crippen LogP contribution in [-0.2, 0) is 20.1 Å². The standard InChI is InChI=1S/C17H23NO3/c1-11(2)10-18-15-13(4)8-12(3)9-14(15)17(16(18)19)20-6-5-7-21-17/h8-9,11H,5-7,10H2,1-4H3. The average molecular weight is 289 g/mol. The fraction of sp³-hybridized carbons (Fsp3) is 0.588. The van der Waals surface area contributed by atoms with Crippen LogP contribution in [0, 0.1) is 19.8 Å². The number of anilines is 1. The number of carbonyl (C=O) groups excluding carboxylic acids is 1. The number of amides is 1. The van der Waals surface area contributed by atoms with Crippen LogP contribution in [0.4, 0.5) is 5.69 Å². The summed E-state index contributed by atoms with van der Waals surface area (Å²) < 4.78 is 11.7. The summed E-state index contributed by atoms with van der Waals surface area (Å²) in [7, 11) is 0. The number of fused-ring (bicyclic) bond motifs is 2. The third kappa shape index (κ3) is 2.17. The first-order valence-electron chi connectivity index (χ1n) is 7.67. The summed E-state index contributed by atoms with van der Waals surface area (Å²) in [6.07, 6.45) is 0.833. The molecule has 4 nitrogen and oxygen atoms in total. The molecule has 0 radical (unpaired) electrons. The third-order valence-electron chi connectivity index (χ3n) is 4.04. The molecule has 3 rings (SSSR count). The van der Waals surface area contributed by atoms with Gasteiger partial charge in [0.05, 0.1) is 18.9 Å². The van der Waals surface area contributed by atoms with Gasteiger partial charge >= 0.3 is 0 Å². The fourth-order valence-electron chi connectivity index (χ4n) is 3.31. The Hall–Kier alpha value is -1.39. The zero-order valence-corrected chi connectivity index (χ0v) is 13.2. The summed E-state index contributed by atoms with van der Waals surface area (Å²) in [5, 5.41) is 0. The quantitative estimate of drug-likeness (QED) is 0.840. The molecule has 1 spiro atoms. The van der Waals surface area contributed by atoms with Crippen molar-refractivity contribution in [1.82, 2.24) is 0 Å². The van der Waals surface area contributed by atoms with Gasteiger partial charge in [0.1, 0.15) is 0 Å². The first kappa shape index (κ1) is 14.5. The zero-order chi connectivity index (χ0) is 15.2. The molecule has 2 aliphatic heterocycles. The van der Waals surface area contributed by atoms with E-state index in [1.165, 1.54) is 0 Å². The lowest BCUT2D eigenvalue weighted by molar-refractivity contribution is -0.256. The van der Waals surface area contributed by atoms with E-state index in [0.717, 1.165) is 28.8 Å². The van der Waals surface area contributed by atoms with Crippen molar-refractivity contribution in [1.29, 1.82) is 0 Å². The van der Waals surface area contributed by atoms with Crippen molar-refractivity contribution in [3.63, 3.8) is 0 Å². The van der Waals surface area contributed by atoms with E-state index in [2.05, 4.69) is 19.9 Å². The second-order valence-corrected chi connectivity index (χ2v) is 6.45. The van der Waals surface area contributed by atoms with Crippen LogP contribution in [0.2, 0.25) is 0 Å². The minimum atomic E-state index is -1.21. The smallest absolute Gasteiger partial charge is 0.292 e. The molecular weight excluding hydrogens is 266 g/mol. The van der Waals surface area contributed by atoms with Crippen LogP contribution >= 0.6 is 0 Å². The predicted octanol–water partition coefficient (Wildman–Crippen LogP) is 2.90. The maximum absolute atomic E-state index is 13.0. The first-order valence-corrected chi connectivity index (χ1v) is 7.67. The Morgan fingerprint density at radius 3 is 2.52 bits per heavy atom. The SMILES string of the molecule is Cc1cc(C)c2c(c1)C1(OCCCO1)C(=O)N2CC(C)C. The second-order valence-electron chi connectivity index (χ2n) is 6.45. The van der Waals surface area contributed by atoms with Gasteiger partial charge in [0.15, 0.2) is 0 Å². The van der Waals surface area contributed by atoms with Gasteiger partial charge in [-0.05, 0) is 37.8 Å². The van der Waals surface area contributed by atoms with Crippen molar-refractivity contribution < 1.29 is 14.3 Å². The number of carbonyl (C=O) groups is 1. The number of hydrogen-bond acceptors (Lipinski definition) is 3. The van der Waals surface area contributed by atoms with E-state index in [4.69, 9.17) is 9.47 Å². The topological polar surface area (TPSA) is 38.8 Å². The third-order valence-corrected chi connectivity index (χ3v) is 4.04. The lowest BCUT2D eigenvalue weighted by Gasteiger charge is -2.32. The highest BCUT2D eigenvalue weighted by Gasteiger charge is 2.55. The van der Waals surface area contributed by atoms with E-state index in [-0.39, 0.29) is 5.91 Å². The van der Waals surface area contributed by atoms with Crippen molar-refractivity contribution in [3.8, 4) is 0 Å². The fourth-order valence-corrected chi connectivity index (χ4v) is 3.31. The van der Waals surface area contributed by atoms with Crippen LogP contribution in [0.1, 0.15) is 37.0 Å². The van der Waals surface area contributed by atoms with E-state index < -0.39 is 5.79 Å². The highest BCUT2D eigenvalue weighted by atomic mass is 16.7. The maximum Gasteiger partial charge on any atom is 0.292 e. The number of nitrogens with zero attached hydrogens (tertiary/aromatic N) is 1.